The van der Waals surface area contributed by atoms with Gasteiger partial charge in [0.1, 0.15) is 91.6 Å². The van der Waals surface area contributed by atoms with Gasteiger partial charge in [0.25, 0.3) is 0 Å². The van der Waals surface area contributed by atoms with E-state index in [1.165, 1.54) is 12.5 Å². The number of allylic oxidation sites excluding steroid dienone is 3. The quantitative estimate of drug-likeness (QED) is 0.0430. The smallest absolute Gasteiger partial charge is 0.335 e. The summed E-state index contributed by atoms with van der Waals surface area (Å²) in [7, 11) is 0. The van der Waals surface area contributed by atoms with Crippen molar-refractivity contribution in [3.05, 3.63) is 23.3 Å². The Morgan fingerprint density at radius 1 is 0.619 bits per heavy atom. The lowest BCUT2D eigenvalue weighted by Gasteiger charge is -2.72. The van der Waals surface area contributed by atoms with Crippen LogP contribution in [0.3, 0.4) is 0 Å². The van der Waals surface area contributed by atoms with Gasteiger partial charge in [0.15, 0.2) is 31.3 Å². The van der Waals surface area contributed by atoms with Crippen molar-refractivity contribution in [2.75, 3.05) is 19.8 Å². The molecule has 0 amide bonds. The van der Waals surface area contributed by atoms with Crippen LogP contribution < -0.4 is 0 Å². The number of aliphatic hydroxyl groups excluding tert-OH is 13. The maximum Gasteiger partial charge on any atom is 0.335 e. The Labute approximate surface area is 489 Å². The van der Waals surface area contributed by atoms with Gasteiger partial charge < -0.3 is 114 Å². The van der Waals surface area contributed by atoms with E-state index in [0.29, 0.717) is 56.9 Å². The summed E-state index contributed by atoms with van der Waals surface area (Å²) in [6.45, 7) is 17.8. The molecule has 4 saturated heterocycles. The van der Waals surface area contributed by atoms with E-state index >= 15 is 0 Å². The lowest BCUT2D eigenvalue weighted by Crippen LogP contribution is -2.70. The largest absolute Gasteiger partial charge is 0.479 e. The standard InChI is InChI=1S/C59H94O25/c1-11-24(2)49(75)79-34-20-54(4,5)18-27-26-12-13-31-56(8)16-15-33(55(6,7)30(56)14-17-57(31,9)58(26,10)19-32(63)59(27,34)23-62)80-53-47(84-51-42(71)39(68)36(65)28(21-60)77-51)44(43(72)45(82-53)48(73)74)81-52-46(40(69)37(66)29(22-61)78-52)83-50-41(70)38(67)35(64)25(3)76-50/h11-12,25,27-47,50-53,60-72H,13-23H2,1-10H3,(H,73,74)/b24-11-/t25-,27-,28+,29+,30?,31+,32+,33-,34-,35-,36-,37-,38+,39-,40-,41+,42+,43-,44-,45-,46+,47+,50-,51-,52-,53+,56-,57+,58+,59-/m0/s1. The zero-order valence-corrected chi connectivity index (χ0v) is 49.7. The van der Waals surface area contributed by atoms with Crippen LogP contribution in [0.5, 0.6) is 0 Å². The van der Waals surface area contributed by atoms with Crippen LogP contribution in [-0.4, -0.2) is 244 Å². The first-order valence-electron chi connectivity index (χ1n) is 29.9. The molecule has 14 N–H and O–H groups in total. The summed E-state index contributed by atoms with van der Waals surface area (Å²) in [5, 5.41) is 155. The van der Waals surface area contributed by atoms with Crippen molar-refractivity contribution in [3.63, 3.8) is 0 Å². The summed E-state index contributed by atoms with van der Waals surface area (Å²) < 4.78 is 55.4. The van der Waals surface area contributed by atoms with E-state index in [9.17, 15) is 81.1 Å². The van der Waals surface area contributed by atoms with E-state index in [1.807, 2.05) is 13.8 Å². The molecule has 4 saturated carbocycles. The number of carbonyl (C=O) groups excluding carboxylic acids is 1. The second-order valence-electron chi connectivity index (χ2n) is 27.9. The molecule has 0 bridgehead atoms. The van der Waals surface area contributed by atoms with Crippen molar-refractivity contribution in [1.29, 1.82) is 0 Å². The number of hydrogen-bond donors (Lipinski definition) is 14. The lowest BCUT2D eigenvalue weighted by molar-refractivity contribution is -0.406. The van der Waals surface area contributed by atoms with Gasteiger partial charge in [-0.3, -0.25) is 0 Å². The molecule has 4 aliphatic heterocycles. The molecule has 480 valence electrons. The number of ether oxygens (including phenoxy) is 9. The Kier molecular flexibility index (Phi) is 18.9. The molecule has 0 spiro atoms. The van der Waals surface area contributed by atoms with Gasteiger partial charge in [0.05, 0.1) is 43.5 Å². The van der Waals surface area contributed by atoms with Gasteiger partial charge in [-0.15, -0.1) is 0 Å². The molecule has 1 unspecified atom stereocenters. The van der Waals surface area contributed by atoms with Crippen molar-refractivity contribution in [2.45, 2.75) is 262 Å². The first kappa shape index (κ1) is 66.0. The highest BCUT2D eigenvalue weighted by atomic mass is 16.8. The van der Waals surface area contributed by atoms with E-state index in [0.717, 1.165) is 0 Å². The number of esters is 1. The van der Waals surface area contributed by atoms with E-state index in [1.54, 1.807) is 19.9 Å². The topological polar surface area (TPSA) is 400 Å². The summed E-state index contributed by atoms with van der Waals surface area (Å²) >= 11 is 0. The van der Waals surface area contributed by atoms with Gasteiger partial charge in [0.2, 0.25) is 0 Å². The zero-order chi connectivity index (χ0) is 61.9. The molecule has 8 fully saturated rings. The molecule has 25 heteroatoms. The number of carboxylic acids is 1. The molecule has 84 heavy (non-hydrogen) atoms. The zero-order valence-electron chi connectivity index (χ0n) is 49.7. The third kappa shape index (κ3) is 10.8. The van der Waals surface area contributed by atoms with E-state index in [4.69, 9.17) is 42.6 Å². The highest BCUT2D eigenvalue weighted by Crippen LogP contribution is 2.76. The fourth-order valence-corrected chi connectivity index (χ4v) is 17.3. The van der Waals surface area contributed by atoms with Gasteiger partial charge in [-0.1, -0.05) is 66.2 Å². The van der Waals surface area contributed by atoms with Crippen LogP contribution in [0.25, 0.3) is 0 Å². The van der Waals surface area contributed by atoms with Gasteiger partial charge >= 0.3 is 11.9 Å². The normalized spacial score (nSPS) is 51.9. The number of rotatable bonds is 14. The minimum absolute atomic E-state index is 0.0468. The molecule has 0 radical (unpaired) electrons. The Bertz CT molecular complexity index is 2420. The highest BCUT2D eigenvalue weighted by molar-refractivity contribution is 5.87. The number of carboxylic acid groups (broad SMARTS) is 1. The summed E-state index contributed by atoms with van der Waals surface area (Å²) in [6, 6.07) is 0. The molecule has 0 aromatic rings. The number of hydrogen-bond acceptors (Lipinski definition) is 24. The molecule has 0 aromatic heterocycles. The maximum absolute atomic E-state index is 13.4. The Balaban J connectivity index is 1.04. The van der Waals surface area contributed by atoms with Crippen LogP contribution in [0.1, 0.15) is 121 Å². The van der Waals surface area contributed by atoms with Gasteiger partial charge in [-0.2, -0.15) is 0 Å². The van der Waals surface area contributed by atoms with E-state index < -0.39 is 188 Å². The Morgan fingerprint density at radius 2 is 1.19 bits per heavy atom. The van der Waals surface area contributed by atoms with Crippen LogP contribution in [0.2, 0.25) is 0 Å². The van der Waals surface area contributed by atoms with E-state index in [-0.39, 0.29) is 35.2 Å². The fourth-order valence-electron chi connectivity index (χ4n) is 17.3. The molecular weight excluding hydrogens is 1110 g/mol. The minimum Gasteiger partial charge on any atom is -0.479 e. The molecule has 9 rings (SSSR count). The van der Waals surface area contributed by atoms with Gasteiger partial charge in [0, 0.05) is 5.57 Å². The molecule has 25 nitrogen and oxygen atoms in total. The van der Waals surface area contributed by atoms with Crippen molar-refractivity contribution < 1.29 is 124 Å². The molecule has 4 heterocycles. The number of aliphatic carboxylic acids is 1. The van der Waals surface area contributed by atoms with Crippen LogP contribution in [0.4, 0.5) is 0 Å². The third-order valence-electron chi connectivity index (χ3n) is 22.5. The maximum atomic E-state index is 13.4. The first-order valence-corrected chi connectivity index (χ1v) is 29.9. The predicted octanol–water partition coefficient (Wildman–Crippen LogP) is -0.983. The van der Waals surface area contributed by atoms with Crippen molar-refractivity contribution in [1.82, 2.24) is 0 Å². The van der Waals surface area contributed by atoms with Crippen molar-refractivity contribution >= 4 is 11.9 Å². The molecule has 30 atom stereocenters. The van der Waals surface area contributed by atoms with Crippen molar-refractivity contribution in [3.8, 4) is 0 Å². The van der Waals surface area contributed by atoms with Crippen LogP contribution in [0.15, 0.2) is 23.3 Å². The van der Waals surface area contributed by atoms with Crippen LogP contribution >= 0.6 is 0 Å². The summed E-state index contributed by atoms with van der Waals surface area (Å²) in [5.41, 5.74) is -1.94. The Morgan fingerprint density at radius 3 is 1.80 bits per heavy atom. The summed E-state index contributed by atoms with van der Waals surface area (Å²) in [5.74, 6) is -2.53. The second kappa shape index (κ2) is 24.1. The van der Waals surface area contributed by atoms with Crippen LogP contribution in [0, 0.1) is 50.2 Å². The van der Waals surface area contributed by atoms with Gasteiger partial charge in [-0.05, 0) is 117 Å². The third-order valence-corrected chi connectivity index (χ3v) is 22.5. The summed E-state index contributed by atoms with van der Waals surface area (Å²) in [4.78, 5) is 26.7. The fraction of sp³-hybridized carbons (Fsp3) is 0.898. The monoisotopic (exact) mass is 1200 g/mol. The average Bonchev–Trinajstić information content (AvgIpc) is 0.685. The average molecular weight is 1200 g/mol. The first-order chi connectivity index (χ1) is 39.2. The number of carbonyl (C=O) groups is 2. The SMILES string of the molecule is C/C=C(/C)C(=O)O[C@H]1CC(C)(C)C[C@H]2C3=CC[C@@H]4[C@@]5(C)CC[C@H](O[C@@H]6O[C@H](C(=O)O)[C@@H](O)[C@H](O[C@@H]7O[C@H](CO)[C@H](O)[C@H](O)[C@H]7O[C@@H]7O[C@@H](C)[C@H](O)[C@@H](O)[C@H]7O)[C@H]6O[C@@H]6O[C@H](CO)[C@H](O)[C@H](O)[C@H]6O)C(C)(C)C5CC[C@@]4(C)[C@]3(C)C[C@@H](O)[C@@]12CO. The van der Waals surface area contributed by atoms with Gasteiger partial charge in [-0.25, -0.2) is 9.59 Å². The summed E-state index contributed by atoms with van der Waals surface area (Å²) in [6.07, 6.45) is -31.8. The second-order valence-corrected chi connectivity index (χ2v) is 27.9. The Hall–Kier alpha value is -2.42. The van der Waals surface area contributed by atoms with E-state index in [2.05, 4.69) is 40.7 Å². The number of fused-ring (bicyclic) bond motifs is 7. The molecular formula is C59H94O25. The highest BCUT2D eigenvalue weighted by Gasteiger charge is 2.72. The minimum atomic E-state index is -2.26. The lowest BCUT2D eigenvalue weighted by atomic mass is 9.33. The molecule has 5 aliphatic carbocycles. The predicted molar refractivity (Wildman–Crippen MR) is 288 cm³/mol. The van der Waals surface area contributed by atoms with Crippen molar-refractivity contribution in [2.24, 2.45) is 50.2 Å². The number of aliphatic hydroxyl groups is 13. The molecule has 0 aromatic carbocycles. The molecule has 9 aliphatic rings. The van der Waals surface area contributed by atoms with Crippen LogP contribution in [-0.2, 0) is 52.2 Å².